The third-order valence-electron chi connectivity index (χ3n) is 19.3. The lowest BCUT2D eigenvalue weighted by atomic mass is 9.96. The molecule has 14 rings (SSSR count). The fraction of sp³-hybridized carbons (Fsp3) is 1.00. The number of nitrogens with one attached hydrogen (secondary N) is 16. The Morgan fingerprint density at radius 2 is 0.843 bits per heavy atom. The molecular formula is C79H177F3N18O2. The van der Waals surface area contributed by atoms with Crippen LogP contribution in [-0.2, 0) is 9.47 Å². The van der Waals surface area contributed by atoms with Gasteiger partial charge in [0.05, 0.1) is 26.4 Å². The van der Waals surface area contributed by atoms with E-state index < -0.39 is 11.6 Å². The number of nitrogens with zero attached hydrogens (tertiary/aromatic N) is 2. The highest BCUT2D eigenvalue weighted by atomic mass is 19.3. The van der Waals surface area contributed by atoms with Gasteiger partial charge >= 0.3 is 0 Å². The zero-order chi connectivity index (χ0) is 75.4. The summed E-state index contributed by atoms with van der Waals surface area (Å²) in [5, 5.41) is 50.5. The van der Waals surface area contributed by atoms with Crippen molar-refractivity contribution in [1.82, 2.24) is 94.9 Å². The zero-order valence-electron chi connectivity index (χ0n) is 69.3. The van der Waals surface area contributed by atoms with E-state index in [2.05, 4.69) is 143 Å². The van der Waals surface area contributed by atoms with Crippen molar-refractivity contribution < 1.29 is 22.6 Å². The van der Waals surface area contributed by atoms with E-state index in [1.807, 2.05) is 28.2 Å². The van der Waals surface area contributed by atoms with Crippen molar-refractivity contribution in [2.24, 2.45) is 17.8 Å². The molecule has 23 heteroatoms. The second kappa shape index (κ2) is 79.5. The Hall–Kier alpha value is -1.01. The smallest absolute Gasteiger partial charge is 0.261 e. The molecule has 1 atom stereocenters. The van der Waals surface area contributed by atoms with E-state index in [0.29, 0.717) is 25.4 Å². The molecular weight excluding hydrogens is 1290 g/mol. The van der Waals surface area contributed by atoms with E-state index in [0.717, 1.165) is 102 Å². The SMILES string of the molecule is C1CCNC1.C1CCNCC1.C1CCNCC1.C1CCNCC1.C1CN(C2CC2)CCN1.CC1(F)CCNCC1.CC1CCNCC1.CC1CCNCC1.CCC1CCNCC1.CCNCC.CN1CCNCC1.CNC.CNC1CC1.CNCCOC.C[C@H]1COCCN1.FC1(F)CCNC1. The van der Waals surface area contributed by atoms with Crippen LogP contribution in [0.1, 0.15) is 209 Å². The Morgan fingerprint density at radius 3 is 1.02 bits per heavy atom. The normalized spacial score (nSPS) is 23.8. The summed E-state index contributed by atoms with van der Waals surface area (Å²) < 4.78 is 46.4. The van der Waals surface area contributed by atoms with Crippen molar-refractivity contribution >= 4 is 0 Å². The fourth-order valence-electron chi connectivity index (χ4n) is 11.6. The van der Waals surface area contributed by atoms with E-state index in [9.17, 15) is 13.2 Å². The molecule has 0 bridgehead atoms. The minimum atomic E-state index is -2.42. The Bertz CT molecular complexity index is 1400. The first kappa shape index (κ1) is 103. The summed E-state index contributed by atoms with van der Waals surface area (Å²) >= 11 is 0. The van der Waals surface area contributed by atoms with Crippen LogP contribution in [0.4, 0.5) is 13.2 Å². The van der Waals surface area contributed by atoms with Crippen molar-refractivity contribution in [1.29, 1.82) is 0 Å². The minimum Gasteiger partial charge on any atom is -0.383 e. The average molecular weight is 1470 g/mol. The van der Waals surface area contributed by atoms with E-state index in [-0.39, 0.29) is 13.0 Å². The van der Waals surface area contributed by atoms with Crippen molar-refractivity contribution in [3.8, 4) is 0 Å². The number of methoxy groups -OCH3 is 1. The van der Waals surface area contributed by atoms with Gasteiger partial charge in [-0.1, -0.05) is 60.3 Å². The van der Waals surface area contributed by atoms with Gasteiger partial charge in [0.15, 0.2) is 0 Å². The Kier molecular flexibility index (Phi) is 80.3. The average Bonchev–Trinajstić information content (AvgIpc) is 1.72. The molecule has 20 nitrogen and oxygen atoms in total. The number of ether oxygens (including phenoxy) is 2. The van der Waals surface area contributed by atoms with Crippen LogP contribution in [0.15, 0.2) is 0 Å². The maximum atomic E-state index is 12.8. The van der Waals surface area contributed by atoms with Gasteiger partial charge in [0, 0.05) is 104 Å². The number of piperidine rings is 7. The Labute approximate surface area is 629 Å². The van der Waals surface area contributed by atoms with Gasteiger partial charge in [-0.25, -0.2) is 13.2 Å². The quantitative estimate of drug-likeness (QED) is 0.104. The van der Waals surface area contributed by atoms with E-state index in [1.54, 1.807) is 14.0 Å². The molecule has 12 saturated heterocycles. The van der Waals surface area contributed by atoms with E-state index >= 15 is 0 Å². The second-order valence-corrected chi connectivity index (χ2v) is 29.9. The van der Waals surface area contributed by atoms with Crippen molar-refractivity contribution in [3.05, 3.63) is 0 Å². The maximum absolute atomic E-state index is 12.8. The lowest BCUT2D eigenvalue weighted by Crippen LogP contribution is -2.44. The topological polar surface area (TPSA) is 217 Å². The van der Waals surface area contributed by atoms with Crippen LogP contribution in [0.25, 0.3) is 0 Å². The number of hydrogen-bond acceptors (Lipinski definition) is 20. The third-order valence-corrected chi connectivity index (χ3v) is 19.3. The zero-order valence-corrected chi connectivity index (χ0v) is 69.3. The van der Waals surface area contributed by atoms with Crippen molar-refractivity contribution in [2.75, 3.05) is 259 Å². The molecule has 12 heterocycles. The van der Waals surface area contributed by atoms with Gasteiger partial charge in [-0.3, -0.25) is 4.90 Å². The summed E-state index contributed by atoms with van der Waals surface area (Å²) in [7, 11) is 11.5. The number of rotatable bonds is 8. The molecule has 0 unspecified atom stereocenters. The molecule has 616 valence electrons. The number of piperazine rings is 2. The molecule has 0 spiro atoms. The monoisotopic (exact) mass is 1470 g/mol. The summed E-state index contributed by atoms with van der Waals surface area (Å²) in [5.74, 6) is 0.554. The van der Waals surface area contributed by atoms with Gasteiger partial charge in [-0.05, 0) is 313 Å². The number of likely N-dealkylation sites (N-methyl/N-ethyl adjacent to an activating group) is 2. The van der Waals surface area contributed by atoms with Crippen LogP contribution in [0, 0.1) is 17.8 Å². The lowest BCUT2D eigenvalue weighted by molar-refractivity contribution is 0.0237. The van der Waals surface area contributed by atoms with Gasteiger partial charge in [0.2, 0.25) is 0 Å². The standard InChI is InChI=1S/C7H14N2.C7H15N.C6H12FN.2C6H13N.C5H12N2.C5H11NO.3C5H11N.C4H7F2N.C4H11NO.2C4H9N.C4H11N.C2H7N/c1-2-7(1)9-5-3-8-4-6-9;1-2-7-3-5-8-6-4-7;1-6(7)2-4-8-5-3-6;2*1-6-2-4-7-5-3-6;1-7-4-2-6-3-5-7;1-5-4-7-3-2-6-5;3*1-2-4-6-5-3-1;5-4(6)1-2-7-3-4;1-5-3-4-6-2;1-5-4-2-3-4;1-2-4-5-3-1;1-3-5-4-2;1-3-2/h7-8H,1-6H2;7-8H,2-6H2,1H3;8H,2-5H2,1H3;2*6-7H,2-5H2,1H3;6H,2-5H2,1H3;5-6H,2-4H2,1H3;3*6H,1-5H2;7H,1-3H2;5H,3-4H2,1-2H3;4-5H,2-3H2,1H3;5H,1-4H2;5H,3-4H2,1-2H3;3H,1-2H3/t;;;;;;5-;;;;;;;;;/m......0........./s1. The summed E-state index contributed by atoms with van der Waals surface area (Å²) in [5.41, 5.74) is -0.884. The van der Waals surface area contributed by atoms with Gasteiger partial charge in [-0.15, -0.1) is 0 Å². The van der Waals surface area contributed by atoms with Crippen LogP contribution < -0.4 is 85.1 Å². The fourth-order valence-corrected chi connectivity index (χ4v) is 11.6. The van der Waals surface area contributed by atoms with Crippen molar-refractivity contribution in [2.45, 2.75) is 239 Å². The molecule has 0 aromatic carbocycles. The molecule has 0 amide bonds. The van der Waals surface area contributed by atoms with Gasteiger partial charge in [-0.2, -0.15) is 0 Å². The molecule has 14 fully saturated rings. The van der Waals surface area contributed by atoms with E-state index in [4.69, 9.17) is 9.47 Å². The Balaban J connectivity index is 0. The van der Waals surface area contributed by atoms with Crippen LogP contribution in [0.3, 0.4) is 0 Å². The molecule has 0 aromatic rings. The first-order chi connectivity index (χ1) is 49.6. The van der Waals surface area contributed by atoms with Gasteiger partial charge in [0.1, 0.15) is 5.67 Å². The second-order valence-electron chi connectivity index (χ2n) is 29.9. The first-order valence-corrected chi connectivity index (χ1v) is 42.2. The number of halogens is 3. The van der Waals surface area contributed by atoms with Gasteiger partial charge < -0.3 is 99.4 Å². The highest BCUT2D eigenvalue weighted by Crippen LogP contribution is 2.26. The molecule has 0 aromatic heterocycles. The predicted octanol–water partition coefficient (Wildman–Crippen LogP) is 8.01. The van der Waals surface area contributed by atoms with Crippen molar-refractivity contribution in [3.63, 3.8) is 0 Å². The molecule has 2 saturated carbocycles. The molecule has 12 aliphatic heterocycles. The molecule has 14 aliphatic rings. The number of hydrogen-bond donors (Lipinski definition) is 16. The molecule has 102 heavy (non-hydrogen) atoms. The number of morpholine rings is 1. The van der Waals surface area contributed by atoms with Crippen LogP contribution in [0.2, 0.25) is 0 Å². The maximum Gasteiger partial charge on any atom is 0.261 e. The van der Waals surface area contributed by atoms with Gasteiger partial charge in [0.25, 0.3) is 5.92 Å². The minimum absolute atomic E-state index is 0.00694. The molecule has 2 aliphatic carbocycles. The Morgan fingerprint density at radius 1 is 0.461 bits per heavy atom. The highest BCUT2D eigenvalue weighted by molar-refractivity contribution is 4.87. The summed E-state index contributed by atoms with van der Waals surface area (Å²) in [6.45, 7) is 50.8. The van der Waals surface area contributed by atoms with Crippen LogP contribution in [0.5, 0.6) is 0 Å². The number of alkyl halides is 3. The molecule has 0 radical (unpaired) electrons. The summed E-state index contributed by atoms with van der Waals surface area (Å²) in [6, 6.07) is 2.43. The van der Waals surface area contributed by atoms with E-state index in [1.165, 1.54) is 272 Å². The largest absolute Gasteiger partial charge is 0.383 e. The highest BCUT2D eigenvalue weighted by Gasteiger charge is 2.32. The first-order valence-electron chi connectivity index (χ1n) is 42.2. The molecule has 16 N–H and O–H groups in total. The summed E-state index contributed by atoms with van der Waals surface area (Å²) in [6.07, 6.45) is 32.2. The van der Waals surface area contributed by atoms with Crippen LogP contribution >= 0.6 is 0 Å². The predicted molar refractivity (Wildman–Crippen MR) is 438 cm³/mol. The summed E-state index contributed by atoms with van der Waals surface area (Å²) in [4.78, 5) is 4.94. The lowest BCUT2D eigenvalue weighted by Gasteiger charge is -2.26. The van der Waals surface area contributed by atoms with Crippen LogP contribution in [-0.4, -0.2) is 298 Å². The third kappa shape index (κ3) is 81.5.